The average Bonchev–Trinajstić information content (AvgIpc) is 2.69. The lowest BCUT2D eigenvalue weighted by molar-refractivity contribution is -0.137. The largest absolute Gasteiger partial charge is 0.416 e. The molecule has 1 saturated carbocycles. The highest BCUT2D eigenvalue weighted by molar-refractivity contribution is 5.81. The van der Waals surface area contributed by atoms with E-state index in [0.29, 0.717) is 11.5 Å². The highest BCUT2D eigenvalue weighted by Gasteiger charge is 2.30. The van der Waals surface area contributed by atoms with Crippen molar-refractivity contribution in [3.05, 3.63) is 35.4 Å². The molecule has 0 heterocycles. The van der Waals surface area contributed by atoms with E-state index < -0.39 is 11.7 Å². The first-order valence-corrected chi connectivity index (χ1v) is 10.1. The van der Waals surface area contributed by atoms with Gasteiger partial charge in [0.15, 0.2) is 5.96 Å². The van der Waals surface area contributed by atoms with Crippen LogP contribution in [0.15, 0.2) is 29.3 Å². The third kappa shape index (κ3) is 7.62. The van der Waals surface area contributed by atoms with Crippen LogP contribution in [0.4, 0.5) is 13.2 Å². The van der Waals surface area contributed by atoms with E-state index in [9.17, 15) is 18.0 Å². The molecule has 0 bridgehead atoms. The van der Waals surface area contributed by atoms with Gasteiger partial charge in [0.1, 0.15) is 0 Å². The van der Waals surface area contributed by atoms with Crippen LogP contribution in [0.1, 0.15) is 50.7 Å². The number of amides is 1. The van der Waals surface area contributed by atoms with E-state index >= 15 is 0 Å². The molecule has 1 fully saturated rings. The summed E-state index contributed by atoms with van der Waals surface area (Å²) in [6.45, 7) is 4.13. The third-order valence-corrected chi connectivity index (χ3v) is 4.81. The molecule has 30 heavy (non-hydrogen) atoms. The second kappa shape index (κ2) is 10.9. The van der Waals surface area contributed by atoms with Crippen molar-refractivity contribution in [3.63, 3.8) is 0 Å². The van der Waals surface area contributed by atoms with Gasteiger partial charge >= 0.3 is 6.18 Å². The number of carbonyl (C=O) groups excluding carboxylic acids is 1. The summed E-state index contributed by atoms with van der Waals surface area (Å²) in [4.78, 5) is 16.4. The predicted molar refractivity (Wildman–Crippen MR) is 112 cm³/mol. The van der Waals surface area contributed by atoms with Gasteiger partial charge in [0.05, 0.1) is 12.1 Å². The van der Waals surface area contributed by atoms with Crippen LogP contribution in [-0.4, -0.2) is 37.5 Å². The second-order valence-electron chi connectivity index (χ2n) is 7.67. The Hall–Kier alpha value is -2.69. The maximum atomic E-state index is 12.8. The van der Waals surface area contributed by atoms with Crippen LogP contribution in [0.2, 0.25) is 0 Å². The Kier molecular flexibility index (Phi) is 8.58. The summed E-state index contributed by atoms with van der Waals surface area (Å²) in [5.74, 6) is 6.18. The van der Waals surface area contributed by atoms with Crippen LogP contribution in [-0.2, 0) is 11.0 Å². The maximum Gasteiger partial charge on any atom is 0.416 e. The number of rotatable bonds is 4. The second-order valence-corrected chi connectivity index (χ2v) is 7.67. The number of nitrogens with one attached hydrogen (secondary N) is 3. The first-order valence-electron chi connectivity index (χ1n) is 10.1. The standard InChI is InChI=1S/C22H29F3N4O/c1-15(2)28-20(30)17-9-5-11-19(14-17)29-21(26-3)27-12-6-8-16-7-4-10-18(13-16)22(23,24)25/h4,7,10,13,15,17,19H,5,9,11-12,14H2,1-3H3,(H,28,30)(H2,26,27,29). The highest BCUT2D eigenvalue weighted by Crippen LogP contribution is 2.29. The molecule has 2 rings (SSSR count). The zero-order valence-electron chi connectivity index (χ0n) is 17.6. The lowest BCUT2D eigenvalue weighted by atomic mass is 9.85. The number of hydrogen-bond donors (Lipinski definition) is 3. The number of nitrogens with zero attached hydrogens (tertiary/aromatic N) is 1. The topological polar surface area (TPSA) is 65.5 Å². The molecule has 164 valence electrons. The van der Waals surface area contributed by atoms with E-state index in [1.807, 2.05) is 13.8 Å². The molecule has 1 aliphatic rings. The number of carbonyl (C=O) groups is 1. The van der Waals surface area contributed by atoms with Gasteiger partial charge in [0.25, 0.3) is 0 Å². The Bertz CT molecular complexity index is 809. The van der Waals surface area contributed by atoms with Gasteiger partial charge in [-0.05, 0) is 51.3 Å². The van der Waals surface area contributed by atoms with Crippen molar-refractivity contribution in [1.29, 1.82) is 0 Å². The zero-order valence-corrected chi connectivity index (χ0v) is 17.6. The van der Waals surface area contributed by atoms with Gasteiger partial charge in [0.2, 0.25) is 5.91 Å². The Labute approximate surface area is 175 Å². The molecular weight excluding hydrogens is 393 g/mol. The summed E-state index contributed by atoms with van der Waals surface area (Å²) in [7, 11) is 1.64. The number of halogens is 3. The van der Waals surface area contributed by atoms with E-state index in [2.05, 4.69) is 32.8 Å². The van der Waals surface area contributed by atoms with Gasteiger partial charge in [-0.25, -0.2) is 0 Å². The molecule has 8 heteroatoms. The number of aliphatic imine (C=N–C) groups is 1. The molecule has 0 aromatic heterocycles. The van der Waals surface area contributed by atoms with Crippen LogP contribution < -0.4 is 16.0 Å². The van der Waals surface area contributed by atoms with Crippen molar-refractivity contribution < 1.29 is 18.0 Å². The molecule has 1 amide bonds. The van der Waals surface area contributed by atoms with E-state index in [4.69, 9.17) is 0 Å². The van der Waals surface area contributed by atoms with Crippen molar-refractivity contribution >= 4 is 11.9 Å². The molecule has 2 atom stereocenters. The molecule has 0 radical (unpaired) electrons. The Morgan fingerprint density at radius 1 is 1.30 bits per heavy atom. The summed E-state index contributed by atoms with van der Waals surface area (Å²) in [6.07, 6.45) is -0.867. The zero-order chi connectivity index (χ0) is 22.1. The summed E-state index contributed by atoms with van der Waals surface area (Å²) in [5, 5.41) is 9.33. The minimum atomic E-state index is -4.38. The van der Waals surface area contributed by atoms with Crippen LogP contribution >= 0.6 is 0 Å². The van der Waals surface area contributed by atoms with Crippen molar-refractivity contribution in [2.75, 3.05) is 13.6 Å². The minimum Gasteiger partial charge on any atom is -0.354 e. The molecule has 2 unspecified atom stereocenters. The van der Waals surface area contributed by atoms with E-state index in [1.165, 1.54) is 6.07 Å². The number of alkyl halides is 3. The van der Waals surface area contributed by atoms with Gasteiger partial charge in [-0.2, -0.15) is 13.2 Å². The lowest BCUT2D eigenvalue weighted by Crippen LogP contribution is -2.47. The van der Waals surface area contributed by atoms with Crippen LogP contribution in [0.25, 0.3) is 0 Å². The SMILES string of the molecule is CN=C(NCC#Cc1cccc(C(F)(F)F)c1)NC1CCCC(C(=O)NC(C)C)C1. The fourth-order valence-corrected chi connectivity index (χ4v) is 3.40. The summed E-state index contributed by atoms with van der Waals surface area (Å²) >= 11 is 0. The molecule has 5 nitrogen and oxygen atoms in total. The summed E-state index contributed by atoms with van der Waals surface area (Å²) < 4.78 is 38.3. The Morgan fingerprint density at radius 2 is 2.07 bits per heavy atom. The molecule has 0 aliphatic heterocycles. The Morgan fingerprint density at radius 3 is 2.73 bits per heavy atom. The van der Waals surface area contributed by atoms with Crippen molar-refractivity contribution in [2.24, 2.45) is 10.9 Å². The van der Waals surface area contributed by atoms with Crippen LogP contribution in [0.3, 0.4) is 0 Å². The first kappa shape index (κ1) is 23.6. The fraction of sp³-hybridized carbons (Fsp3) is 0.545. The van der Waals surface area contributed by atoms with Crippen molar-refractivity contribution in [1.82, 2.24) is 16.0 Å². The van der Waals surface area contributed by atoms with Gasteiger partial charge in [-0.15, -0.1) is 0 Å². The fourth-order valence-electron chi connectivity index (χ4n) is 3.40. The number of benzene rings is 1. The quantitative estimate of drug-likeness (QED) is 0.396. The van der Waals surface area contributed by atoms with E-state index in [-0.39, 0.29) is 30.5 Å². The number of guanidine groups is 1. The molecule has 3 N–H and O–H groups in total. The maximum absolute atomic E-state index is 12.8. The molecule has 0 spiro atoms. The van der Waals surface area contributed by atoms with Gasteiger partial charge in [0, 0.05) is 30.6 Å². The summed E-state index contributed by atoms with van der Waals surface area (Å²) in [5.41, 5.74) is -0.408. The average molecular weight is 422 g/mol. The van der Waals surface area contributed by atoms with Crippen molar-refractivity contribution in [2.45, 2.75) is 57.8 Å². The van der Waals surface area contributed by atoms with Gasteiger partial charge < -0.3 is 16.0 Å². The van der Waals surface area contributed by atoms with Crippen LogP contribution in [0, 0.1) is 17.8 Å². The smallest absolute Gasteiger partial charge is 0.354 e. The molecule has 1 aromatic rings. The summed E-state index contributed by atoms with van der Waals surface area (Å²) in [6, 6.07) is 5.19. The lowest BCUT2D eigenvalue weighted by Gasteiger charge is -2.30. The normalized spacial score (nSPS) is 19.6. The Balaban J connectivity index is 1.86. The predicted octanol–water partition coefficient (Wildman–Crippen LogP) is 3.31. The molecular formula is C22H29F3N4O. The monoisotopic (exact) mass is 422 g/mol. The molecule has 0 saturated heterocycles. The first-order chi connectivity index (χ1) is 14.2. The number of hydrogen-bond acceptors (Lipinski definition) is 2. The molecule has 1 aromatic carbocycles. The van der Waals surface area contributed by atoms with Gasteiger partial charge in [-0.1, -0.05) is 24.3 Å². The minimum absolute atomic E-state index is 0.0162. The van der Waals surface area contributed by atoms with E-state index in [1.54, 1.807) is 13.1 Å². The van der Waals surface area contributed by atoms with Crippen molar-refractivity contribution in [3.8, 4) is 11.8 Å². The third-order valence-electron chi connectivity index (χ3n) is 4.81. The highest BCUT2D eigenvalue weighted by atomic mass is 19.4. The van der Waals surface area contributed by atoms with E-state index in [0.717, 1.165) is 37.8 Å². The van der Waals surface area contributed by atoms with Gasteiger partial charge in [-0.3, -0.25) is 9.79 Å². The molecule has 1 aliphatic carbocycles. The van der Waals surface area contributed by atoms with Crippen LogP contribution in [0.5, 0.6) is 0 Å².